The predicted molar refractivity (Wildman–Crippen MR) is 24.9 cm³/mol. The van der Waals surface area contributed by atoms with Crippen LogP contribution >= 0.6 is 8.03 Å². The van der Waals surface area contributed by atoms with Crippen LogP contribution < -0.4 is 5.73 Å². The molecule has 0 saturated heterocycles. The summed E-state index contributed by atoms with van der Waals surface area (Å²) in [7, 11) is -2.48. The van der Waals surface area contributed by atoms with Crippen molar-refractivity contribution >= 4 is 8.03 Å². The van der Waals surface area contributed by atoms with E-state index in [0.717, 1.165) is 0 Å². The monoisotopic (exact) mass is 124 g/mol. The van der Waals surface area contributed by atoms with E-state index in [1.165, 1.54) is 0 Å². The van der Waals surface area contributed by atoms with Crippen LogP contribution in [0.2, 0.25) is 0 Å². The largest absolute Gasteiger partial charge is 0.539 e. The van der Waals surface area contributed by atoms with E-state index in [2.05, 4.69) is 0 Å². The summed E-state index contributed by atoms with van der Waals surface area (Å²) in [4.78, 5) is 8.00. The standard InChI is InChI=1S/C2H6NO3P/c3-1-2(4)7(5)6/h2,4H,1,3H2/p+1. The molecule has 0 radical (unpaired) electrons. The van der Waals surface area contributed by atoms with Crippen molar-refractivity contribution in [2.24, 2.45) is 5.73 Å². The van der Waals surface area contributed by atoms with Gasteiger partial charge >= 0.3 is 8.03 Å². The van der Waals surface area contributed by atoms with Crippen LogP contribution in [0.25, 0.3) is 0 Å². The third kappa shape index (κ3) is 2.65. The molecule has 7 heavy (non-hydrogen) atoms. The van der Waals surface area contributed by atoms with Crippen LogP contribution in [-0.4, -0.2) is 22.4 Å². The van der Waals surface area contributed by atoms with Gasteiger partial charge in [0.25, 0.3) is 5.85 Å². The van der Waals surface area contributed by atoms with Crippen molar-refractivity contribution in [3.05, 3.63) is 0 Å². The summed E-state index contributed by atoms with van der Waals surface area (Å²) < 4.78 is 9.75. The molecule has 2 atom stereocenters. The van der Waals surface area contributed by atoms with Crippen LogP contribution in [0.1, 0.15) is 0 Å². The van der Waals surface area contributed by atoms with Crippen molar-refractivity contribution in [3.8, 4) is 0 Å². The number of rotatable bonds is 2. The Morgan fingerprint density at radius 2 is 2.29 bits per heavy atom. The van der Waals surface area contributed by atoms with Gasteiger partial charge in [0.05, 0.1) is 6.54 Å². The van der Waals surface area contributed by atoms with Crippen LogP contribution in [0.4, 0.5) is 0 Å². The summed E-state index contributed by atoms with van der Waals surface area (Å²) in [5, 5.41) is 8.28. The Morgan fingerprint density at radius 3 is 2.29 bits per heavy atom. The molecule has 0 bridgehead atoms. The van der Waals surface area contributed by atoms with Gasteiger partial charge in [0.1, 0.15) is 0 Å². The van der Waals surface area contributed by atoms with E-state index < -0.39 is 13.9 Å². The third-order valence-corrected chi connectivity index (χ3v) is 1.19. The lowest BCUT2D eigenvalue weighted by atomic mass is 10.7. The van der Waals surface area contributed by atoms with Gasteiger partial charge in [0, 0.05) is 0 Å². The fraction of sp³-hybridized carbons (Fsp3) is 1.00. The normalized spacial score (nSPS) is 16.1. The summed E-state index contributed by atoms with van der Waals surface area (Å²) in [5.74, 6) is -1.25. The average Bonchev–Trinajstić information content (AvgIpc) is 1.65. The molecule has 0 aliphatic carbocycles. The van der Waals surface area contributed by atoms with Gasteiger partial charge in [-0.3, -0.25) is 0 Å². The lowest BCUT2D eigenvalue weighted by molar-refractivity contribution is 0.245. The molecular formula is C2H7NO3P+. The first-order valence-electron chi connectivity index (χ1n) is 1.72. The molecule has 2 unspecified atom stereocenters. The highest BCUT2D eigenvalue weighted by atomic mass is 31.1. The molecule has 0 aliphatic heterocycles. The summed E-state index contributed by atoms with van der Waals surface area (Å²) in [6.45, 7) is -0.161. The lowest BCUT2D eigenvalue weighted by Gasteiger charge is -1.84. The zero-order chi connectivity index (χ0) is 5.86. The highest BCUT2D eigenvalue weighted by Gasteiger charge is 2.22. The van der Waals surface area contributed by atoms with E-state index in [0.29, 0.717) is 0 Å². The van der Waals surface area contributed by atoms with Gasteiger partial charge in [-0.25, -0.2) is 0 Å². The number of nitrogens with two attached hydrogens (primary N) is 1. The van der Waals surface area contributed by atoms with Gasteiger partial charge in [-0.05, 0) is 4.57 Å². The van der Waals surface area contributed by atoms with Gasteiger partial charge in [-0.2, -0.15) is 4.89 Å². The van der Waals surface area contributed by atoms with Crippen molar-refractivity contribution in [2.45, 2.75) is 5.85 Å². The zero-order valence-electron chi connectivity index (χ0n) is 3.61. The van der Waals surface area contributed by atoms with Gasteiger partial charge in [-0.1, -0.05) is 0 Å². The van der Waals surface area contributed by atoms with Crippen molar-refractivity contribution < 1.29 is 14.6 Å². The molecule has 5 heteroatoms. The molecule has 0 aliphatic rings. The first kappa shape index (κ1) is 6.98. The maximum Gasteiger partial charge on any atom is 0.539 e. The molecule has 0 aromatic heterocycles. The van der Waals surface area contributed by atoms with E-state index in [4.69, 9.17) is 15.7 Å². The maximum atomic E-state index is 9.75. The van der Waals surface area contributed by atoms with E-state index in [1.807, 2.05) is 0 Å². The Hall–Kier alpha value is -0.0200. The van der Waals surface area contributed by atoms with E-state index in [-0.39, 0.29) is 6.54 Å². The Labute approximate surface area is 41.8 Å². The molecule has 4 N–H and O–H groups in total. The van der Waals surface area contributed by atoms with Gasteiger partial charge in [-0.15, -0.1) is 0 Å². The first-order valence-corrected chi connectivity index (χ1v) is 3.00. The molecule has 0 fully saturated rings. The molecule has 4 nitrogen and oxygen atoms in total. The van der Waals surface area contributed by atoms with Crippen molar-refractivity contribution in [2.75, 3.05) is 6.54 Å². The highest BCUT2D eigenvalue weighted by molar-refractivity contribution is 7.38. The van der Waals surface area contributed by atoms with Crippen LogP contribution in [0.3, 0.4) is 0 Å². The molecule has 0 spiro atoms. The van der Waals surface area contributed by atoms with E-state index in [1.54, 1.807) is 0 Å². The minimum Gasteiger partial charge on any atom is -0.348 e. The highest BCUT2D eigenvalue weighted by Crippen LogP contribution is 2.17. The number of aliphatic hydroxyl groups excluding tert-OH is 1. The lowest BCUT2D eigenvalue weighted by Crippen LogP contribution is -2.14. The van der Waals surface area contributed by atoms with Gasteiger partial charge < -0.3 is 10.8 Å². The molecule has 0 aromatic rings. The minimum absolute atomic E-state index is 0.161. The van der Waals surface area contributed by atoms with Crippen LogP contribution in [0, 0.1) is 0 Å². The Balaban J connectivity index is 3.34. The second-order valence-corrected chi connectivity index (χ2v) is 2.22. The van der Waals surface area contributed by atoms with Crippen LogP contribution in [0.5, 0.6) is 0 Å². The van der Waals surface area contributed by atoms with Gasteiger partial charge in [0.2, 0.25) is 0 Å². The fourth-order valence-electron chi connectivity index (χ4n) is 0.0902. The van der Waals surface area contributed by atoms with Crippen molar-refractivity contribution in [1.82, 2.24) is 0 Å². The third-order valence-electron chi connectivity index (χ3n) is 0.466. The second kappa shape index (κ2) is 3.04. The van der Waals surface area contributed by atoms with Crippen LogP contribution in [-0.2, 0) is 4.57 Å². The number of hydrogen-bond donors (Lipinski definition) is 3. The molecule has 0 saturated carbocycles. The second-order valence-electron chi connectivity index (χ2n) is 1.02. The molecule has 0 aromatic carbocycles. The van der Waals surface area contributed by atoms with E-state index in [9.17, 15) is 4.57 Å². The van der Waals surface area contributed by atoms with E-state index >= 15 is 0 Å². The minimum atomic E-state index is -2.48. The quantitative estimate of drug-likeness (QED) is 0.412. The topological polar surface area (TPSA) is 83.5 Å². The summed E-state index contributed by atoms with van der Waals surface area (Å²) in [6, 6.07) is 0. The smallest absolute Gasteiger partial charge is 0.348 e. The average molecular weight is 124 g/mol. The molecule has 0 heterocycles. The molecule has 0 amide bonds. The van der Waals surface area contributed by atoms with Crippen molar-refractivity contribution in [3.63, 3.8) is 0 Å². The first-order chi connectivity index (χ1) is 3.18. The molecule has 0 rings (SSSR count). The molecule has 42 valence electrons. The van der Waals surface area contributed by atoms with Crippen LogP contribution in [0.15, 0.2) is 0 Å². The summed E-state index contributed by atoms with van der Waals surface area (Å²) in [5.41, 5.74) is 4.78. The Bertz CT molecular complexity index is 75.3. The Morgan fingerprint density at radius 1 is 1.86 bits per heavy atom. The predicted octanol–water partition coefficient (Wildman–Crippen LogP) is -1.00. The summed E-state index contributed by atoms with van der Waals surface area (Å²) >= 11 is 0. The number of aliphatic hydroxyl groups is 1. The van der Waals surface area contributed by atoms with Gasteiger partial charge in [0.15, 0.2) is 0 Å². The Kier molecular flexibility index (Phi) is 3.04. The number of hydrogen-bond acceptors (Lipinski definition) is 3. The summed E-state index contributed by atoms with van der Waals surface area (Å²) in [6.07, 6.45) is 0. The zero-order valence-corrected chi connectivity index (χ0v) is 4.51. The molecular weight excluding hydrogens is 117 g/mol. The fourth-order valence-corrected chi connectivity index (χ4v) is 0.271. The van der Waals surface area contributed by atoms with Crippen molar-refractivity contribution in [1.29, 1.82) is 0 Å². The SMILES string of the molecule is NCC(O)[P+](=O)O. The maximum absolute atomic E-state index is 9.75.